The van der Waals surface area contributed by atoms with Crippen molar-refractivity contribution in [3.63, 3.8) is 0 Å². The predicted molar refractivity (Wildman–Crippen MR) is 148 cm³/mol. The second-order valence-electron chi connectivity index (χ2n) is 8.26. The lowest BCUT2D eigenvalue weighted by molar-refractivity contribution is -0.125. The zero-order chi connectivity index (χ0) is 26.7. The molecule has 192 valence electrons. The van der Waals surface area contributed by atoms with E-state index >= 15 is 0 Å². The Bertz CT molecular complexity index is 1460. The predicted octanol–water partition coefficient (Wildman–Crippen LogP) is 5.07. The van der Waals surface area contributed by atoms with Crippen molar-refractivity contribution in [3.8, 4) is 5.75 Å². The fourth-order valence-electron chi connectivity index (χ4n) is 3.70. The standard InChI is InChI=1S/C26H24BrCl2N5O3/c1-15-24(27)34-12-6-9-20(25(34)32-15)37-14-17-18(28)10-11-19(22(17)29)33(2)21(35)13-31-26(36)23(30)16-7-4-3-5-8-16/h3-12,23H,13-14,30H2,1-2H3,(H,31,36). The number of hydrogen-bond acceptors (Lipinski definition) is 5. The molecule has 8 nitrogen and oxygen atoms in total. The molecule has 0 aliphatic rings. The van der Waals surface area contributed by atoms with Crippen molar-refractivity contribution in [2.24, 2.45) is 5.73 Å². The Hall–Kier alpha value is -3.11. The zero-order valence-corrected chi connectivity index (χ0v) is 23.1. The van der Waals surface area contributed by atoms with Crippen LogP contribution in [0.4, 0.5) is 5.69 Å². The first-order chi connectivity index (χ1) is 17.7. The summed E-state index contributed by atoms with van der Waals surface area (Å²) in [5, 5.41) is 3.24. The molecular weight excluding hydrogens is 581 g/mol. The number of nitrogens with zero attached hydrogens (tertiary/aromatic N) is 3. The Labute approximate surface area is 232 Å². The molecule has 0 aliphatic heterocycles. The fraction of sp³-hybridized carbons (Fsp3) is 0.192. The summed E-state index contributed by atoms with van der Waals surface area (Å²) in [4.78, 5) is 31.2. The van der Waals surface area contributed by atoms with E-state index in [0.29, 0.717) is 33.2 Å². The molecule has 0 fully saturated rings. The minimum Gasteiger partial charge on any atom is -0.485 e. The molecule has 0 aliphatic carbocycles. The van der Waals surface area contributed by atoms with Crippen molar-refractivity contribution in [1.82, 2.24) is 14.7 Å². The number of imidazole rings is 1. The Morgan fingerprint density at radius 1 is 1.16 bits per heavy atom. The lowest BCUT2D eigenvalue weighted by Gasteiger charge is -2.22. The van der Waals surface area contributed by atoms with Crippen LogP contribution in [0.5, 0.6) is 5.75 Å². The molecule has 2 aromatic carbocycles. The SMILES string of the molecule is Cc1nc2c(OCc3c(Cl)ccc(N(C)C(=O)CNC(=O)C(N)c4ccccc4)c3Cl)cccn2c1Br. The van der Waals surface area contributed by atoms with E-state index in [2.05, 4.69) is 26.2 Å². The molecule has 2 aromatic heterocycles. The van der Waals surface area contributed by atoms with Gasteiger partial charge in [0.15, 0.2) is 11.4 Å². The monoisotopic (exact) mass is 603 g/mol. The summed E-state index contributed by atoms with van der Waals surface area (Å²) >= 11 is 16.6. The Balaban J connectivity index is 1.46. The number of anilines is 1. The Morgan fingerprint density at radius 2 is 1.89 bits per heavy atom. The van der Waals surface area contributed by atoms with E-state index in [4.69, 9.17) is 33.7 Å². The topological polar surface area (TPSA) is 102 Å². The van der Waals surface area contributed by atoms with Crippen molar-refractivity contribution >= 4 is 62.3 Å². The number of benzene rings is 2. The molecule has 0 spiro atoms. The van der Waals surface area contributed by atoms with Crippen molar-refractivity contribution in [1.29, 1.82) is 0 Å². The first kappa shape index (κ1) is 26.9. The maximum atomic E-state index is 12.8. The number of fused-ring (bicyclic) bond motifs is 1. The number of aryl methyl sites for hydroxylation is 1. The highest BCUT2D eigenvalue weighted by molar-refractivity contribution is 9.10. The van der Waals surface area contributed by atoms with Gasteiger partial charge in [-0.3, -0.25) is 14.0 Å². The van der Waals surface area contributed by atoms with E-state index in [1.807, 2.05) is 29.7 Å². The minimum atomic E-state index is -0.883. The summed E-state index contributed by atoms with van der Waals surface area (Å²) in [5.41, 5.74) is 9.06. The summed E-state index contributed by atoms with van der Waals surface area (Å²) < 4.78 is 8.74. The highest BCUT2D eigenvalue weighted by Gasteiger charge is 2.21. The lowest BCUT2D eigenvalue weighted by Crippen LogP contribution is -2.41. The minimum absolute atomic E-state index is 0.0550. The normalized spacial score (nSPS) is 11.8. The van der Waals surface area contributed by atoms with Gasteiger partial charge in [-0.25, -0.2) is 4.98 Å². The van der Waals surface area contributed by atoms with Gasteiger partial charge in [-0.2, -0.15) is 0 Å². The number of likely N-dealkylation sites (N-methyl/N-ethyl adjacent to an activating group) is 1. The molecule has 0 saturated carbocycles. The number of carbonyl (C=O) groups excluding carboxylic acids is 2. The Morgan fingerprint density at radius 3 is 2.62 bits per heavy atom. The van der Waals surface area contributed by atoms with Crippen molar-refractivity contribution in [3.05, 3.63) is 92.3 Å². The van der Waals surface area contributed by atoms with E-state index < -0.39 is 11.9 Å². The first-order valence-electron chi connectivity index (χ1n) is 11.3. The summed E-state index contributed by atoms with van der Waals surface area (Å²) in [7, 11) is 1.57. The van der Waals surface area contributed by atoms with Crippen LogP contribution in [0.15, 0.2) is 65.4 Å². The van der Waals surface area contributed by atoms with Gasteiger partial charge in [0.05, 0.1) is 22.9 Å². The van der Waals surface area contributed by atoms with E-state index in [0.717, 1.165) is 10.3 Å². The average molecular weight is 605 g/mol. The van der Waals surface area contributed by atoms with Crippen molar-refractivity contribution in [2.75, 3.05) is 18.5 Å². The summed E-state index contributed by atoms with van der Waals surface area (Å²) in [6.07, 6.45) is 1.87. The highest BCUT2D eigenvalue weighted by Crippen LogP contribution is 2.35. The van der Waals surface area contributed by atoms with Crippen LogP contribution in [0.25, 0.3) is 5.65 Å². The number of aromatic nitrogens is 2. The largest absolute Gasteiger partial charge is 0.485 e. The molecule has 11 heteroatoms. The van der Waals surface area contributed by atoms with E-state index in [9.17, 15) is 9.59 Å². The number of pyridine rings is 1. The van der Waals surface area contributed by atoms with Crippen LogP contribution in [-0.4, -0.2) is 34.8 Å². The van der Waals surface area contributed by atoms with Gasteiger partial charge in [-0.15, -0.1) is 0 Å². The average Bonchev–Trinajstić information content (AvgIpc) is 3.20. The molecule has 37 heavy (non-hydrogen) atoms. The van der Waals surface area contributed by atoms with Gasteiger partial charge < -0.3 is 20.7 Å². The third-order valence-electron chi connectivity index (χ3n) is 5.84. The van der Waals surface area contributed by atoms with Gasteiger partial charge in [0.2, 0.25) is 11.8 Å². The number of amides is 2. The lowest BCUT2D eigenvalue weighted by atomic mass is 10.1. The summed E-state index contributed by atoms with van der Waals surface area (Å²) in [5.74, 6) is -0.290. The van der Waals surface area contributed by atoms with E-state index in [1.54, 1.807) is 49.5 Å². The summed E-state index contributed by atoms with van der Waals surface area (Å²) in [6.45, 7) is 1.69. The number of carbonyl (C=O) groups is 2. The molecule has 2 heterocycles. The van der Waals surface area contributed by atoms with Gasteiger partial charge in [0.25, 0.3) is 0 Å². The molecule has 0 saturated heterocycles. The van der Waals surface area contributed by atoms with Gasteiger partial charge in [0, 0.05) is 23.8 Å². The van der Waals surface area contributed by atoms with Crippen LogP contribution in [0.2, 0.25) is 10.0 Å². The third-order valence-corrected chi connectivity index (χ3v) is 7.57. The van der Waals surface area contributed by atoms with E-state index in [1.165, 1.54) is 4.90 Å². The van der Waals surface area contributed by atoms with Gasteiger partial charge in [-0.1, -0.05) is 53.5 Å². The molecule has 4 rings (SSSR count). The number of halogens is 3. The van der Waals surface area contributed by atoms with Crippen molar-refractivity contribution in [2.45, 2.75) is 19.6 Å². The first-order valence-corrected chi connectivity index (χ1v) is 12.8. The Kier molecular flexibility index (Phi) is 8.39. The molecule has 1 unspecified atom stereocenters. The number of nitrogens with two attached hydrogens (primary N) is 1. The maximum Gasteiger partial charge on any atom is 0.246 e. The molecule has 4 aromatic rings. The molecule has 0 bridgehead atoms. The molecule has 3 N–H and O–H groups in total. The number of nitrogens with one attached hydrogen (secondary N) is 1. The van der Waals surface area contributed by atoms with Gasteiger partial charge >= 0.3 is 0 Å². The van der Waals surface area contributed by atoms with Crippen LogP contribution >= 0.6 is 39.1 Å². The molecule has 0 radical (unpaired) electrons. The van der Waals surface area contributed by atoms with E-state index in [-0.39, 0.29) is 24.1 Å². The van der Waals surface area contributed by atoms with Gasteiger partial charge in [0.1, 0.15) is 17.3 Å². The number of ether oxygens (including phenoxy) is 1. The molecular formula is C26H24BrCl2N5O3. The molecule has 1 atom stereocenters. The van der Waals surface area contributed by atoms with Crippen LogP contribution in [-0.2, 0) is 16.2 Å². The smallest absolute Gasteiger partial charge is 0.246 e. The number of hydrogen-bond donors (Lipinski definition) is 2. The highest BCUT2D eigenvalue weighted by atomic mass is 79.9. The molecule has 2 amide bonds. The van der Waals surface area contributed by atoms with Crippen LogP contribution in [0.1, 0.15) is 22.9 Å². The van der Waals surface area contributed by atoms with Gasteiger partial charge in [-0.05, 0) is 52.7 Å². The quantitative estimate of drug-likeness (QED) is 0.292. The van der Waals surface area contributed by atoms with Crippen molar-refractivity contribution < 1.29 is 14.3 Å². The summed E-state index contributed by atoms with van der Waals surface area (Å²) in [6, 6.07) is 15.0. The van der Waals surface area contributed by atoms with Crippen LogP contribution < -0.4 is 20.7 Å². The fourth-order valence-corrected chi connectivity index (χ4v) is 4.68. The van der Waals surface area contributed by atoms with Crippen LogP contribution in [0.3, 0.4) is 0 Å². The second kappa shape index (κ2) is 11.5. The second-order valence-corrected chi connectivity index (χ2v) is 9.80. The van der Waals surface area contributed by atoms with Crippen LogP contribution in [0, 0.1) is 6.92 Å². The third kappa shape index (κ3) is 5.75. The number of rotatable bonds is 8. The zero-order valence-electron chi connectivity index (χ0n) is 20.0. The maximum absolute atomic E-state index is 12.8.